The van der Waals surface area contributed by atoms with Gasteiger partial charge in [0.1, 0.15) is 11.5 Å². The second kappa shape index (κ2) is 9.24. The van der Waals surface area contributed by atoms with Crippen LogP contribution in [0.25, 0.3) is 16.5 Å². The molecule has 6 nitrogen and oxygen atoms in total. The number of fused-ring (bicyclic) bond motifs is 1. The normalized spacial score (nSPS) is 17.2. The summed E-state index contributed by atoms with van der Waals surface area (Å²) in [4.78, 5) is 32.4. The molecule has 7 heteroatoms. The third-order valence-electron chi connectivity index (χ3n) is 6.00. The van der Waals surface area contributed by atoms with Gasteiger partial charge in [-0.25, -0.2) is 0 Å². The van der Waals surface area contributed by atoms with E-state index in [1.165, 1.54) is 4.90 Å². The number of ether oxygens (including phenoxy) is 1. The van der Waals surface area contributed by atoms with E-state index in [9.17, 15) is 14.7 Å². The topological polar surface area (TPSA) is 79.7 Å². The highest BCUT2D eigenvalue weighted by atomic mass is 35.5. The molecule has 1 saturated heterocycles. The fourth-order valence-electron chi connectivity index (χ4n) is 4.45. The van der Waals surface area contributed by atoms with Crippen molar-refractivity contribution >= 4 is 45.5 Å². The minimum absolute atomic E-state index is 0.0512. The van der Waals surface area contributed by atoms with Gasteiger partial charge in [0.05, 0.1) is 28.9 Å². The average Bonchev–Trinajstić information content (AvgIpc) is 3.15. The van der Waals surface area contributed by atoms with Crippen molar-refractivity contribution in [1.82, 2.24) is 4.98 Å². The SMILES string of the molecule is CCOc1ccc(Cl)c(/C(O)=C2\C(=O)C(=O)N(c3cccc4ccccc34)C2c2ccncc2)c1. The van der Waals surface area contributed by atoms with Crippen molar-refractivity contribution in [3.05, 3.63) is 107 Å². The first-order valence-electron chi connectivity index (χ1n) is 11.1. The average molecular weight is 485 g/mol. The largest absolute Gasteiger partial charge is 0.507 e. The second-order valence-electron chi connectivity index (χ2n) is 8.02. The van der Waals surface area contributed by atoms with Crippen LogP contribution in [-0.4, -0.2) is 28.4 Å². The third kappa shape index (κ3) is 3.92. The van der Waals surface area contributed by atoms with Gasteiger partial charge in [-0.3, -0.25) is 19.5 Å². The van der Waals surface area contributed by atoms with E-state index < -0.39 is 17.7 Å². The van der Waals surface area contributed by atoms with Gasteiger partial charge >= 0.3 is 0 Å². The lowest BCUT2D eigenvalue weighted by molar-refractivity contribution is -0.132. The Bertz CT molecular complexity index is 1480. The van der Waals surface area contributed by atoms with Gasteiger partial charge in [0.25, 0.3) is 11.7 Å². The number of Topliss-reactive ketones (excluding diaryl/α,β-unsaturated/α-hetero) is 1. The summed E-state index contributed by atoms with van der Waals surface area (Å²) in [6.07, 6.45) is 3.17. The molecule has 0 saturated carbocycles. The molecule has 0 aliphatic carbocycles. The summed E-state index contributed by atoms with van der Waals surface area (Å²) in [7, 11) is 0. The molecular weight excluding hydrogens is 464 g/mol. The molecule has 1 aliphatic rings. The molecule has 0 radical (unpaired) electrons. The van der Waals surface area contributed by atoms with Gasteiger partial charge in [0, 0.05) is 23.3 Å². The van der Waals surface area contributed by atoms with E-state index in [4.69, 9.17) is 16.3 Å². The Kier molecular flexibility index (Phi) is 5.97. The van der Waals surface area contributed by atoms with Crippen molar-refractivity contribution < 1.29 is 19.4 Å². The number of hydrogen-bond donors (Lipinski definition) is 1. The maximum Gasteiger partial charge on any atom is 0.300 e. The molecule has 0 spiro atoms. The smallest absolute Gasteiger partial charge is 0.300 e. The van der Waals surface area contributed by atoms with E-state index in [1.807, 2.05) is 43.3 Å². The molecular formula is C28H21ClN2O4. The first-order valence-corrected chi connectivity index (χ1v) is 11.5. The Morgan fingerprint density at radius 3 is 2.54 bits per heavy atom. The summed E-state index contributed by atoms with van der Waals surface area (Å²) in [6, 6.07) is 20.6. The molecule has 35 heavy (non-hydrogen) atoms. The van der Waals surface area contributed by atoms with Crippen LogP contribution >= 0.6 is 11.6 Å². The van der Waals surface area contributed by atoms with E-state index in [0.29, 0.717) is 23.6 Å². The highest BCUT2D eigenvalue weighted by molar-refractivity contribution is 6.52. The molecule has 3 aromatic carbocycles. The van der Waals surface area contributed by atoms with Gasteiger partial charge in [-0.05, 0) is 54.3 Å². The molecule has 1 fully saturated rings. The van der Waals surface area contributed by atoms with Crippen LogP contribution in [0.2, 0.25) is 5.02 Å². The number of carbonyl (C=O) groups excluding carboxylic acids is 2. The second-order valence-corrected chi connectivity index (χ2v) is 8.43. The Hall–Kier alpha value is -4.16. The van der Waals surface area contributed by atoms with Crippen LogP contribution in [0.15, 0.2) is 90.8 Å². The first kappa shape index (κ1) is 22.6. The van der Waals surface area contributed by atoms with E-state index in [-0.39, 0.29) is 21.9 Å². The van der Waals surface area contributed by atoms with Crippen molar-refractivity contribution in [3.8, 4) is 5.75 Å². The summed E-state index contributed by atoms with van der Waals surface area (Å²) >= 11 is 6.41. The number of halogens is 1. The van der Waals surface area contributed by atoms with Crippen LogP contribution < -0.4 is 9.64 Å². The van der Waals surface area contributed by atoms with E-state index in [2.05, 4.69) is 4.98 Å². The van der Waals surface area contributed by atoms with Gasteiger partial charge in [-0.1, -0.05) is 48.0 Å². The number of hydrogen-bond acceptors (Lipinski definition) is 5. The molecule has 1 unspecified atom stereocenters. The molecule has 174 valence electrons. The zero-order chi connectivity index (χ0) is 24.5. The molecule has 1 amide bonds. The molecule has 0 bridgehead atoms. The van der Waals surface area contributed by atoms with Crippen LogP contribution in [0.1, 0.15) is 24.1 Å². The minimum Gasteiger partial charge on any atom is -0.507 e. The number of aromatic nitrogens is 1. The third-order valence-corrected chi connectivity index (χ3v) is 6.33. The number of amides is 1. The Morgan fingerprint density at radius 1 is 1.03 bits per heavy atom. The molecule has 5 rings (SSSR count). The number of rotatable bonds is 5. The van der Waals surface area contributed by atoms with Gasteiger partial charge in [0.15, 0.2) is 0 Å². The molecule has 1 N–H and O–H groups in total. The first-order chi connectivity index (χ1) is 17.0. The number of benzene rings is 3. The van der Waals surface area contributed by atoms with E-state index in [0.717, 1.165) is 10.8 Å². The Labute approximate surface area is 207 Å². The Morgan fingerprint density at radius 2 is 1.77 bits per heavy atom. The lowest BCUT2D eigenvalue weighted by atomic mass is 9.95. The predicted octanol–water partition coefficient (Wildman–Crippen LogP) is 5.91. The number of ketones is 1. The maximum atomic E-state index is 13.5. The zero-order valence-electron chi connectivity index (χ0n) is 18.8. The number of nitrogens with zero attached hydrogens (tertiary/aromatic N) is 2. The van der Waals surface area contributed by atoms with E-state index in [1.54, 1.807) is 48.8 Å². The number of anilines is 1. The summed E-state index contributed by atoms with van der Waals surface area (Å²) in [6.45, 7) is 2.26. The highest BCUT2D eigenvalue weighted by Gasteiger charge is 2.47. The van der Waals surface area contributed by atoms with Gasteiger partial charge in [-0.15, -0.1) is 0 Å². The summed E-state index contributed by atoms with van der Waals surface area (Å²) < 4.78 is 5.55. The standard InChI is InChI=1S/C28H21ClN2O4/c1-2-35-19-10-11-22(29)21(16-19)26(32)24-25(18-12-14-30-15-13-18)31(28(34)27(24)33)23-9-5-7-17-6-3-4-8-20(17)23/h3-16,25,32H,2H2,1H3/b26-24+. The van der Waals surface area contributed by atoms with Gasteiger partial charge in [-0.2, -0.15) is 0 Å². The summed E-state index contributed by atoms with van der Waals surface area (Å²) in [5.74, 6) is -1.40. The fourth-order valence-corrected chi connectivity index (χ4v) is 4.65. The van der Waals surface area contributed by atoms with Crippen LogP contribution in [0.5, 0.6) is 5.75 Å². The minimum atomic E-state index is -0.879. The van der Waals surface area contributed by atoms with Crippen molar-refractivity contribution in [2.75, 3.05) is 11.5 Å². The fraction of sp³-hybridized carbons (Fsp3) is 0.107. The van der Waals surface area contributed by atoms with Crippen molar-refractivity contribution in [1.29, 1.82) is 0 Å². The monoisotopic (exact) mass is 484 g/mol. The zero-order valence-corrected chi connectivity index (χ0v) is 19.6. The molecule has 1 aromatic heterocycles. The quantitative estimate of drug-likeness (QED) is 0.216. The van der Waals surface area contributed by atoms with Crippen LogP contribution in [0.4, 0.5) is 5.69 Å². The molecule has 4 aromatic rings. The van der Waals surface area contributed by atoms with Gasteiger partial charge < -0.3 is 9.84 Å². The lowest BCUT2D eigenvalue weighted by Crippen LogP contribution is -2.29. The van der Waals surface area contributed by atoms with Crippen LogP contribution in [-0.2, 0) is 9.59 Å². The lowest BCUT2D eigenvalue weighted by Gasteiger charge is -2.26. The summed E-state index contributed by atoms with van der Waals surface area (Å²) in [5.41, 5.74) is 1.36. The van der Waals surface area contributed by atoms with Crippen molar-refractivity contribution in [2.45, 2.75) is 13.0 Å². The molecule has 2 heterocycles. The Balaban J connectivity index is 1.77. The van der Waals surface area contributed by atoms with E-state index >= 15 is 0 Å². The summed E-state index contributed by atoms with van der Waals surface area (Å²) in [5, 5.41) is 13.4. The van der Waals surface area contributed by atoms with Crippen LogP contribution in [0, 0.1) is 0 Å². The van der Waals surface area contributed by atoms with Gasteiger partial charge in [0.2, 0.25) is 0 Å². The van der Waals surface area contributed by atoms with Crippen LogP contribution in [0.3, 0.4) is 0 Å². The number of carbonyl (C=O) groups is 2. The predicted molar refractivity (Wildman–Crippen MR) is 136 cm³/mol. The maximum absolute atomic E-state index is 13.5. The molecule has 1 atom stereocenters. The number of aliphatic hydroxyl groups is 1. The van der Waals surface area contributed by atoms with Crippen molar-refractivity contribution in [3.63, 3.8) is 0 Å². The number of pyridine rings is 1. The highest BCUT2D eigenvalue weighted by Crippen LogP contribution is 2.44. The molecule has 1 aliphatic heterocycles. The number of aliphatic hydroxyl groups excluding tert-OH is 1. The van der Waals surface area contributed by atoms with Crippen molar-refractivity contribution in [2.24, 2.45) is 0 Å².